The highest BCUT2D eigenvalue weighted by atomic mass is 32.1. The van der Waals surface area contributed by atoms with Crippen molar-refractivity contribution >= 4 is 23.2 Å². The van der Waals surface area contributed by atoms with Crippen molar-refractivity contribution in [2.75, 3.05) is 6.54 Å². The number of ether oxygens (including phenoxy) is 1. The lowest BCUT2D eigenvalue weighted by Gasteiger charge is -2.16. The Morgan fingerprint density at radius 2 is 1.82 bits per heavy atom. The van der Waals surface area contributed by atoms with Crippen LogP contribution >= 0.6 is 11.3 Å². The molecule has 1 fully saturated rings. The molecule has 0 N–H and O–H groups in total. The van der Waals surface area contributed by atoms with Crippen LogP contribution in [0.15, 0.2) is 66.0 Å². The first-order valence-electron chi connectivity index (χ1n) is 9.17. The van der Waals surface area contributed by atoms with Crippen LogP contribution in [0.4, 0.5) is 0 Å². The number of amides is 1. The molecule has 28 heavy (non-hydrogen) atoms. The Hall–Kier alpha value is -2.99. The number of hydrogen-bond donors (Lipinski definition) is 0. The molecule has 0 bridgehead atoms. The number of carbonyl (C=O) groups is 2. The second-order valence-electron chi connectivity index (χ2n) is 6.78. The average Bonchev–Trinajstić information content (AvgIpc) is 3.35. The molecule has 5 nitrogen and oxygen atoms in total. The van der Waals surface area contributed by atoms with E-state index in [0.717, 1.165) is 21.8 Å². The second kappa shape index (κ2) is 8.35. The minimum absolute atomic E-state index is 0.00850. The predicted octanol–water partition coefficient (Wildman–Crippen LogP) is 3.90. The Morgan fingerprint density at radius 1 is 1.11 bits per heavy atom. The first-order valence-corrected chi connectivity index (χ1v) is 10.0. The minimum Gasteiger partial charge on any atom is -0.459 e. The summed E-state index contributed by atoms with van der Waals surface area (Å²) in [6.07, 6.45) is 0.206. The quantitative estimate of drug-likeness (QED) is 0.597. The van der Waals surface area contributed by atoms with Crippen LogP contribution in [0.2, 0.25) is 0 Å². The molecule has 2 heterocycles. The lowest BCUT2D eigenvalue weighted by molar-refractivity contribution is -0.149. The first kappa shape index (κ1) is 18.4. The molecule has 1 saturated heterocycles. The Morgan fingerprint density at radius 3 is 2.57 bits per heavy atom. The standard InChI is InChI=1S/C22H20N2O3S/c25-20-11-18(13-24(20)12-16-7-3-1-4-8-16)22(26)27-14-19-15-28-21(23-19)17-9-5-2-6-10-17/h1-10,15,18H,11-14H2/t18-/m1/s1. The normalized spacial score (nSPS) is 16.4. The lowest BCUT2D eigenvalue weighted by Crippen LogP contribution is -2.26. The van der Waals surface area contributed by atoms with Crippen LogP contribution in [0.1, 0.15) is 17.7 Å². The van der Waals surface area contributed by atoms with Gasteiger partial charge < -0.3 is 9.64 Å². The fraction of sp³-hybridized carbons (Fsp3) is 0.227. The molecule has 3 aromatic rings. The zero-order valence-corrected chi connectivity index (χ0v) is 16.1. The molecule has 0 saturated carbocycles. The van der Waals surface area contributed by atoms with Gasteiger partial charge >= 0.3 is 5.97 Å². The van der Waals surface area contributed by atoms with Gasteiger partial charge in [-0.25, -0.2) is 4.98 Å². The summed E-state index contributed by atoms with van der Waals surface area (Å²) in [6.45, 7) is 1.06. The van der Waals surface area contributed by atoms with E-state index < -0.39 is 5.92 Å². The maximum atomic E-state index is 12.4. The molecule has 1 aliphatic rings. The van der Waals surface area contributed by atoms with Crippen molar-refractivity contribution in [1.82, 2.24) is 9.88 Å². The maximum absolute atomic E-state index is 12.4. The first-order chi connectivity index (χ1) is 13.7. The van der Waals surface area contributed by atoms with Crippen LogP contribution in [-0.2, 0) is 27.5 Å². The molecule has 1 atom stereocenters. The highest BCUT2D eigenvalue weighted by molar-refractivity contribution is 7.13. The van der Waals surface area contributed by atoms with Crippen LogP contribution in [-0.4, -0.2) is 28.3 Å². The molecule has 0 aliphatic carbocycles. The fourth-order valence-corrected chi connectivity index (χ4v) is 4.05. The van der Waals surface area contributed by atoms with Gasteiger partial charge in [0, 0.05) is 30.5 Å². The second-order valence-corrected chi connectivity index (χ2v) is 7.64. The number of aromatic nitrogens is 1. The van der Waals surface area contributed by atoms with E-state index in [9.17, 15) is 9.59 Å². The number of thiazole rings is 1. The largest absolute Gasteiger partial charge is 0.459 e. The molecule has 4 rings (SSSR count). The number of nitrogens with zero attached hydrogens (tertiary/aromatic N) is 2. The van der Waals surface area contributed by atoms with E-state index in [-0.39, 0.29) is 24.9 Å². The van der Waals surface area contributed by atoms with Crippen LogP contribution in [0.3, 0.4) is 0 Å². The third kappa shape index (κ3) is 4.28. The van der Waals surface area contributed by atoms with Crippen molar-refractivity contribution < 1.29 is 14.3 Å². The number of likely N-dealkylation sites (tertiary alicyclic amines) is 1. The number of hydrogen-bond acceptors (Lipinski definition) is 5. The number of rotatable bonds is 6. The highest BCUT2D eigenvalue weighted by Crippen LogP contribution is 2.25. The molecule has 0 radical (unpaired) electrons. The number of benzene rings is 2. The molecule has 6 heteroatoms. The summed E-state index contributed by atoms with van der Waals surface area (Å²) in [7, 11) is 0. The van der Waals surface area contributed by atoms with Crippen LogP contribution in [0, 0.1) is 5.92 Å². The van der Waals surface area contributed by atoms with Gasteiger partial charge in [0.1, 0.15) is 11.6 Å². The summed E-state index contributed by atoms with van der Waals surface area (Å²) >= 11 is 1.52. The van der Waals surface area contributed by atoms with E-state index in [1.54, 1.807) is 4.90 Å². The molecule has 2 aromatic carbocycles. The summed E-state index contributed by atoms with van der Waals surface area (Å²) in [6, 6.07) is 19.7. The van der Waals surface area contributed by atoms with Crippen molar-refractivity contribution in [3.05, 3.63) is 77.3 Å². The van der Waals surface area contributed by atoms with E-state index >= 15 is 0 Å². The lowest BCUT2D eigenvalue weighted by atomic mass is 10.1. The molecule has 0 unspecified atom stereocenters. The molecule has 0 spiro atoms. The number of carbonyl (C=O) groups excluding carboxylic acids is 2. The van der Waals surface area contributed by atoms with E-state index in [4.69, 9.17) is 4.74 Å². The van der Waals surface area contributed by atoms with Crippen LogP contribution < -0.4 is 0 Å². The van der Waals surface area contributed by atoms with Gasteiger partial charge in [0.05, 0.1) is 11.6 Å². The van der Waals surface area contributed by atoms with Gasteiger partial charge in [-0.05, 0) is 5.56 Å². The van der Waals surface area contributed by atoms with Gasteiger partial charge in [0.15, 0.2) is 0 Å². The van der Waals surface area contributed by atoms with Crippen LogP contribution in [0.5, 0.6) is 0 Å². The zero-order chi connectivity index (χ0) is 19.3. The Balaban J connectivity index is 1.31. The van der Waals surface area contributed by atoms with E-state index in [2.05, 4.69) is 4.98 Å². The monoisotopic (exact) mass is 392 g/mol. The molecule has 142 valence electrons. The Kier molecular flexibility index (Phi) is 5.48. The van der Waals surface area contributed by atoms with Gasteiger partial charge in [-0.3, -0.25) is 9.59 Å². The topological polar surface area (TPSA) is 59.5 Å². The summed E-state index contributed by atoms with van der Waals surface area (Å²) in [5.41, 5.74) is 2.83. The summed E-state index contributed by atoms with van der Waals surface area (Å²) < 4.78 is 5.43. The average molecular weight is 392 g/mol. The summed E-state index contributed by atoms with van der Waals surface area (Å²) in [5.74, 6) is -0.757. The third-order valence-electron chi connectivity index (χ3n) is 4.70. The van der Waals surface area contributed by atoms with E-state index in [1.807, 2.05) is 66.0 Å². The molecule has 1 aliphatic heterocycles. The molecular formula is C22H20N2O3S. The van der Waals surface area contributed by atoms with Crippen molar-refractivity contribution in [2.24, 2.45) is 5.92 Å². The van der Waals surface area contributed by atoms with Gasteiger partial charge in [-0.1, -0.05) is 60.7 Å². The molecule has 1 amide bonds. The van der Waals surface area contributed by atoms with Gasteiger partial charge in [-0.2, -0.15) is 0 Å². The highest BCUT2D eigenvalue weighted by Gasteiger charge is 2.35. The van der Waals surface area contributed by atoms with E-state index in [0.29, 0.717) is 13.1 Å². The summed E-state index contributed by atoms with van der Waals surface area (Å²) in [4.78, 5) is 30.9. The number of esters is 1. The van der Waals surface area contributed by atoms with E-state index in [1.165, 1.54) is 11.3 Å². The van der Waals surface area contributed by atoms with Gasteiger partial charge in [0.25, 0.3) is 0 Å². The molecular weight excluding hydrogens is 372 g/mol. The molecule has 1 aromatic heterocycles. The van der Waals surface area contributed by atoms with Crippen LogP contribution in [0.25, 0.3) is 10.6 Å². The van der Waals surface area contributed by atoms with Crippen molar-refractivity contribution in [2.45, 2.75) is 19.6 Å². The minimum atomic E-state index is -0.413. The van der Waals surface area contributed by atoms with Crippen molar-refractivity contribution in [1.29, 1.82) is 0 Å². The van der Waals surface area contributed by atoms with Gasteiger partial charge in [-0.15, -0.1) is 11.3 Å². The Labute approximate surface area is 167 Å². The van der Waals surface area contributed by atoms with Crippen molar-refractivity contribution in [3.8, 4) is 10.6 Å². The predicted molar refractivity (Wildman–Crippen MR) is 107 cm³/mol. The van der Waals surface area contributed by atoms with Crippen molar-refractivity contribution in [3.63, 3.8) is 0 Å². The fourth-order valence-electron chi connectivity index (χ4n) is 3.24. The zero-order valence-electron chi connectivity index (χ0n) is 15.3. The summed E-state index contributed by atoms with van der Waals surface area (Å²) in [5, 5.41) is 2.80. The SMILES string of the molecule is O=C(OCc1csc(-c2ccccc2)n1)[C@@H]1CC(=O)N(Cc2ccccc2)C1. The van der Waals surface area contributed by atoms with Gasteiger partial charge in [0.2, 0.25) is 5.91 Å². The Bertz CT molecular complexity index is 956. The maximum Gasteiger partial charge on any atom is 0.311 e. The third-order valence-corrected chi connectivity index (χ3v) is 5.64. The smallest absolute Gasteiger partial charge is 0.311 e.